The molecule has 21 heavy (non-hydrogen) atoms. The van der Waals surface area contributed by atoms with Crippen LogP contribution in [0, 0.1) is 5.92 Å². The van der Waals surface area contributed by atoms with Gasteiger partial charge < -0.3 is 15.7 Å². The number of hydrogen-bond acceptors (Lipinski definition) is 3. The predicted molar refractivity (Wildman–Crippen MR) is 79.9 cm³/mol. The van der Waals surface area contributed by atoms with Crippen LogP contribution in [0.4, 0.5) is 0 Å². The summed E-state index contributed by atoms with van der Waals surface area (Å²) in [6.07, 6.45) is 2.80. The number of nitrogens with one attached hydrogen (secondary N) is 2. The largest absolute Gasteiger partial charge is 0.480 e. The van der Waals surface area contributed by atoms with Crippen LogP contribution in [0.1, 0.15) is 24.8 Å². The Hall–Kier alpha value is -1.88. The number of carboxylic acids is 1. The smallest absolute Gasteiger partial charge is 0.326 e. The quantitative estimate of drug-likeness (QED) is 0.735. The molecule has 5 heteroatoms. The van der Waals surface area contributed by atoms with Crippen LogP contribution in [0.25, 0.3) is 0 Å². The molecule has 2 rings (SSSR count). The Bertz CT molecular complexity index is 470. The van der Waals surface area contributed by atoms with E-state index < -0.39 is 12.0 Å². The first kappa shape index (κ1) is 15.5. The average molecular weight is 290 g/mol. The van der Waals surface area contributed by atoms with Gasteiger partial charge in [-0.05, 0) is 37.4 Å². The Labute approximate surface area is 124 Å². The number of rotatable bonds is 6. The number of hydrogen-bond donors (Lipinski definition) is 3. The van der Waals surface area contributed by atoms with Crippen molar-refractivity contribution in [2.24, 2.45) is 5.92 Å². The Morgan fingerprint density at radius 3 is 2.71 bits per heavy atom. The Balaban J connectivity index is 1.86. The van der Waals surface area contributed by atoms with Crippen molar-refractivity contribution in [3.63, 3.8) is 0 Å². The molecule has 2 atom stereocenters. The zero-order valence-electron chi connectivity index (χ0n) is 12.0. The zero-order chi connectivity index (χ0) is 15.1. The first-order chi connectivity index (χ1) is 10.1. The molecule has 5 nitrogen and oxygen atoms in total. The van der Waals surface area contributed by atoms with Gasteiger partial charge in [0.25, 0.3) is 0 Å². The maximum atomic E-state index is 12.0. The fraction of sp³-hybridized carbons (Fsp3) is 0.500. The number of carbonyl (C=O) groups excluding carboxylic acids is 1. The third-order valence-corrected chi connectivity index (χ3v) is 3.79. The molecule has 3 N–H and O–H groups in total. The first-order valence-corrected chi connectivity index (χ1v) is 7.42. The molecule has 0 radical (unpaired) electrons. The van der Waals surface area contributed by atoms with Gasteiger partial charge in [-0.15, -0.1) is 0 Å². The number of carbonyl (C=O) groups is 2. The number of benzene rings is 1. The summed E-state index contributed by atoms with van der Waals surface area (Å²) in [5.74, 6) is -0.856. The lowest BCUT2D eigenvalue weighted by Gasteiger charge is -2.23. The summed E-state index contributed by atoms with van der Waals surface area (Å²) in [6, 6.07) is 8.48. The maximum Gasteiger partial charge on any atom is 0.326 e. The second-order valence-corrected chi connectivity index (χ2v) is 5.56. The predicted octanol–water partition coefficient (Wildman–Crippen LogP) is 1.19. The van der Waals surface area contributed by atoms with Crippen molar-refractivity contribution >= 4 is 11.9 Å². The van der Waals surface area contributed by atoms with E-state index in [4.69, 9.17) is 0 Å². The van der Waals surface area contributed by atoms with Gasteiger partial charge in [0.1, 0.15) is 6.04 Å². The number of aliphatic carboxylic acids is 1. The molecule has 1 aliphatic rings. The molecule has 0 bridgehead atoms. The van der Waals surface area contributed by atoms with Gasteiger partial charge in [0.15, 0.2) is 0 Å². The fourth-order valence-electron chi connectivity index (χ4n) is 2.66. The number of carboxylic acid groups (broad SMARTS) is 1. The average Bonchev–Trinajstić information content (AvgIpc) is 2.48. The van der Waals surface area contributed by atoms with Crippen LogP contribution in [0.3, 0.4) is 0 Å². The summed E-state index contributed by atoms with van der Waals surface area (Å²) in [6.45, 7) is 1.84. The molecule has 1 fully saturated rings. The summed E-state index contributed by atoms with van der Waals surface area (Å²) >= 11 is 0. The minimum Gasteiger partial charge on any atom is -0.480 e. The van der Waals surface area contributed by atoms with Gasteiger partial charge >= 0.3 is 5.97 Å². The molecule has 0 saturated carbocycles. The molecule has 1 aromatic carbocycles. The molecular weight excluding hydrogens is 268 g/mol. The van der Waals surface area contributed by atoms with E-state index in [0.29, 0.717) is 18.8 Å². The van der Waals surface area contributed by atoms with E-state index in [2.05, 4.69) is 10.6 Å². The van der Waals surface area contributed by atoms with Gasteiger partial charge in [-0.25, -0.2) is 4.79 Å². The summed E-state index contributed by atoms with van der Waals surface area (Å²) in [4.78, 5) is 23.3. The highest BCUT2D eigenvalue weighted by Crippen LogP contribution is 2.14. The van der Waals surface area contributed by atoms with Gasteiger partial charge in [-0.3, -0.25) is 4.79 Å². The fourth-order valence-corrected chi connectivity index (χ4v) is 2.66. The molecule has 1 aliphatic heterocycles. The molecule has 0 aliphatic carbocycles. The topological polar surface area (TPSA) is 78.4 Å². The van der Waals surface area contributed by atoms with Crippen LogP contribution in [-0.4, -0.2) is 36.1 Å². The molecule has 114 valence electrons. The summed E-state index contributed by atoms with van der Waals surface area (Å²) < 4.78 is 0. The Kier molecular flexibility index (Phi) is 5.75. The minimum absolute atomic E-state index is 0.174. The van der Waals surface area contributed by atoms with Crippen molar-refractivity contribution in [3.05, 3.63) is 35.9 Å². The lowest BCUT2D eigenvalue weighted by atomic mass is 9.95. The molecule has 2 unspecified atom stereocenters. The molecule has 0 aromatic heterocycles. The van der Waals surface area contributed by atoms with Gasteiger partial charge in [-0.1, -0.05) is 30.3 Å². The molecule has 1 aromatic rings. The third kappa shape index (κ3) is 5.19. The van der Waals surface area contributed by atoms with Crippen LogP contribution in [0.15, 0.2) is 30.3 Å². The van der Waals surface area contributed by atoms with Crippen molar-refractivity contribution in [3.8, 4) is 0 Å². The van der Waals surface area contributed by atoms with Crippen molar-refractivity contribution in [1.29, 1.82) is 0 Å². The standard InChI is InChI=1S/C16H22N2O3/c19-15(10-13-7-4-8-17-11-13)18-14(16(20)21)9-12-5-2-1-3-6-12/h1-3,5-6,13-14,17H,4,7-11H2,(H,18,19)(H,20,21). The molecule has 1 amide bonds. The molecule has 1 saturated heterocycles. The summed E-state index contributed by atoms with van der Waals surface area (Å²) in [5, 5.41) is 15.2. The van der Waals surface area contributed by atoms with Crippen molar-refractivity contribution in [2.45, 2.75) is 31.7 Å². The molecule has 0 spiro atoms. The van der Waals surface area contributed by atoms with Gasteiger partial charge in [-0.2, -0.15) is 0 Å². The molecular formula is C16H22N2O3. The van der Waals surface area contributed by atoms with Crippen LogP contribution in [-0.2, 0) is 16.0 Å². The lowest BCUT2D eigenvalue weighted by molar-refractivity contribution is -0.141. The molecule has 1 heterocycles. The highest BCUT2D eigenvalue weighted by molar-refractivity contribution is 5.83. The second-order valence-electron chi connectivity index (χ2n) is 5.56. The van der Waals surface area contributed by atoms with Gasteiger partial charge in [0.2, 0.25) is 5.91 Å². The van der Waals surface area contributed by atoms with Crippen molar-refractivity contribution in [1.82, 2.24) is 10.6 Å². The third-order valence-electron chi connectivity index (χ3n) is 3.79. The minimum atomic E-state index is -0.992. The monoisotopic (exact) mass is 290 g/mol. The van der Waals surface area contributed by atoms with E-state index in [-0.39, 0.29) is 5.91 Å². The van der Waals surface area contributed by atoms with Crippen LogP contribution < -0.4 is 10.6 Å². The first-order valence-electron chi connectivity index (χ1n) is 7.42. The van der Waals surface area contributed by atoms with Crippen LogP contribution in [0.2, 0.25) is 0 Å². The van der Waals surface area contributed by atoms with E-state index >= 15 is 0 Å². The normalized spacial score (nSPS) is 19.7. The Morgan fingerprint density at radius 2 is 2.10 bits per heavy atom. The van der Waals surface area contributed by atoms with E-state index in [9.17, 15) is 14.7 Å². The second kappa shape index (κ2) is 7.78. The van der Waals surface area contributed by atoms with Crippen LogP contribution >= 0.6 is 0 Å². The number of amides is 1. The van der Waals surface area contributed by atoms with Gasteiger partial charge in [0, 0.05) is 12.8 Å². The van der Waals surface area contributed by atoms with E-state index in [0.717, 1.165) is 31.5 Å². The lowest BCUT2D eigenvalue weighted by Crippen LogP contribution is -2.43. The van der Waals surface area contributed by atoms with Crippen molar-refractivity contribution in [2.75, 3.05) is 13.1 Å². The van der Waals surface area contributed by atoms with E-state index in [1.54, 1.807) is 0 Å². The van der Waals surface area contributed by atoms with Crippen LogP contribution in [0.5, 0.6) is 0 Å². The highest BCUT2D eigenvalue weighted by atomic mass is 16.4. The van der Waals surface area contributed by atoms with E-state index in [1.165, 1.54) is 0 Å². The highest BCUT2D eigenvalue weighted by Gasteiger charge is 2.23. The maximum absolute atomic E-state index is 12.0. The zero-order valence-corrected chi connectivity index (χ0v) is 12.0. The van der Waals surface area contributed by atoms with E-state index in [1.807, 2.05) is 30.3 Å². The Morgan fingerprint density at radius 1 is 1.33 bits per heavy atom. The summed E-state index contributed by atoms with van der Waals surface area (Å²) in [7, 11) is 0. The SMILES string of the molecule is O=C(CC1CCCNC1)NC(Cc1ccccc1)C(=O)O. The van der Waals surface area contributed by atoms with Crippen molar-refractivity contribution < 1.29 is 14.7 Å². The number of piperidine rings is 1. The van der Waals surface area contributed by atoms with Gasteiger partial charge in [0.05, 0.1) is 0 Å². The summed E-state index contributed by atoms with van der Waals surface area (Å²) in [5.41, 5.74) is 0.907.